The van der Waals surface area contributed by atoms with Crippen molar-refractivity contribution in [3.63, 3.8) is 0 Å². The second-order valence-electron chi connectivity index (χ2n) is 15.2. The molecule has 4 amide bonds. The summed E-state index contributed by atoms with van der Waals surface area (Å²) in [5.41, 5.74) is -1.40. The van der Waals surface area contributed by atoms with Crippen LogP contribution in [0.25, 0.3) is 21.7 Å². The second-order valence-corrected chi connectivity index (χ2v) is 17.3. The topological polar surface area (TPSA) is 177 Å². The molecule has 2 aromatic heterocycles. The van der Waals surface area contributed by atoms with E-state index in [0.29, 0.717) is 41.2 Å². The first-order valence-electron chi connectivity index (χ1n) is 19.3. The van der Waals surface area contributed by atoms with E-state index in [4.69, 9.17) is 9.15 Å². The Labute approximate surface area is 328 Å². The molecule has 7 rings (SSSR count). The van der Waals surface area contributed by atoms with E-state index in [-0.39, 0.29) is 49.4 Å². The lowest BCUT2D eigenvalue weighted by Crippen LogP contribution is -2.58. The zero-order chi connectivity index (χ0) is 40.6. The Bertz CT molecular complexity index is 2380. The number of rotatable bonds is 8. The van der Waals surface area contributed by atoms with Crippen molar-refractivity contribution in [1.82, 2.24) is 25.2 Å². The molecule has 3 N–H and O–H groups in total. The molecule has 57 heavy (non-hydrogen) atoms. The number of halogens is 2. The van der Waals surface area contributed by atoms with E-state index >= 15 is 0 Å². The number of nitrogens with zero attached hydrogens (tertiary/aromatic N) is 2. The van der Waals surface area contributed by atoms with Gasteiger partial charge in [-0.25, -0.2) is 22.2 Å². The van der Waals surface area contributed by atoms with Crippen LogP contribution in [-0.4, -0.2) is 77.5 Å². The summed E-state index contributed by atoms with van der Waals surface area (Å²) in [5, 5.41) is 6.08. The van der Waals surface area contributed by atoms with Gasteiger partial charge in [0.15, 0.2) is 5.76 Å². The Morgan fingerprint density at radius 2 is 1.81 bits per heavy atom. The monoisotopic (exact) mass is 805 g/mol. The first-order valence-corrected chi connectivity index (χ1v) is 20.8. The van der Waals surface area contributed by atoms with Gasteiger partial charge in [-0.3, -0.25) is 23.9 Å². The van der Waals surface area contributed by atoms with Gasteiger partial charge in [0.2, 0.25) is 27.7 Å². The molecule has 3 aliphatic rings. The molecule has 6 atom stereocenters. The zero-order valence-electron chi connectivity index (χ0n) is 31.8. The number of nitrogens with one attached hydrogen (secondary N) is 3. The number of sulfonamides is 1. The quantitative estimate of drug-likeness (QED) is 0.157. The molecule has 0 spiro atoms. The fourth-order valence-corrected chi connectivity index (χ4v) is 8.74. The van der Waals surface area contributed by atoms with Crippen LogP contribution >= 0.6 is 0 Å². The molecule has 1 aliphatic carbocycles. The van der Waals surface area contributed by atoms with Crippen molar-refractivity contribution in [3.8, 4) is 5.88 Å². The molecular weight excluding hydrogens is 761 g/mol. The third kappa shape index (κ3) is 8.22. The van der Waals surface area contributed by atoms with Gasteiger partial charge < -0.3 is 24.7 Å². The summed E-state index contributed by atoms with van der Waals surface area (Å²) in [6.07, 6.45) is 6.05. The average molecular weight is 806 g/mol. The van der Waals surface area contributed by atoms with Crippen molar-refractivity contribution in [2.45, 2.75) is 101 Å². The number of hydrogen-bond acceptors (Lipinski definition) is 9. The van der Waals surface area contributed by atoms with Gasteiger partial charge in [-0.05, 0) is 93.8 Å². The number of allylic oxidation sites excluding steroid dienone is 1. The maximum Gasteiger partial charge on any atom is 0.287 e. The minimum absolute atomic E-state index is 0.0143. The Kier molecular flexibility index (Phi) is 11.1. The van der Waals surface area contributed by atoms with Crippen LogP contribution in [0.5, 0.6) is 5.88 Å². The number of hydrogen-bond donors (Lipinski definition) is 3. The molecule has 4 heterocycles. The first-order chi connectivity index (χ1) is 27.2. The number of fused-ring (bicyclic) bond motifs is 5. The summed E-state index contributed by atoms with van der Waals surface area (Å²) in [5.74, 6) is -3.82. The highest BCUT2D eigenvalue weighted by Gasteiger charge is 2.61. The first kappa shape index (κ1) is 39.8. The van der Waals surface area contributed by atoms with E-state index in [1.54, 1.807) is 19.9 Å². The van der Waals surface area contributed by atoms with Crippen LogP contribution in [-0.2, 0) is 24.4 Å². The minimum atomic E-state index is -4.06. The number of pyridine rings is 1. The average Bonchev–Trinajstić information content (AvgIpc) is 3.44. The number of aryl methyl sites for hydroxylation is 1. The van der Waals surface area contributed by atoms with Crippen molar-refractivity contribution in [3.05, 3.63) is 83.8 Å². The van der Waals surface area contributed by atoms with Crippen LogP contribution < -0.4 is 20.1 Å². The fourth-order valence-electron chi connectivity index (χ4n) is 7.66. The molecule has 13 nitrogen and oxygen atoms in total. The van der Waals surface area contributed by atoms with E-state index in [2.05, 4.69) is 20.3 Å². The highest BCUT2D eigenvalue weighted by Crippen LogP contribution is 2.46. The Morgan fingerprint density at radius 1 is 1.05 bits per heavy atom. The van der Waals surface area contributed by atoms with Gasteiger partial charge in [0, 0.05) is 29.2 Å². The summed E-state index contributed by atoms with van der Waals surface area (Å²) in [7, 11) is -4.06. The SMILES string of the molecule is CCC(C)S(=O)(=O)NC(=O)[C@@]12C[C@H]1/C=C\CCCCC[C@H](NC(=O)c1ccc(C)o1)C(=O)N1C[C@H](Oc3nc4cc(F)ccc4c4cc(F)ccc34)C[C@H]1C(=O)N2. The van der Waals surface area contributed by atoms with Crippen molar-refractivity contribution in [2.24, 2.45) is 5.92 Å². The maximum absolute atomic E-state index is 14.6. The molecule has 2 aliphatic heterocycles. The van der Waals surface area contributed by atoms with Crippen molar-refractivity contribution in [2.75, 3.05) is 6.54 Å². The van der Waals surface area contributed by atoms with Crippen LogP contribution in [0, 0.1) is 24.5 Å². The largest absolute Gasteiger partial charge is 0.472 e. The Morgan fingerprint density at radius 3 is 2.54 bits per heavy atom. The Hall–Kier alpha value is -5.38. The number of carbonyl (C=O) groups excluding carboxylic acids is 4. The number of ether oxygens (including phenoxy) is 1. The van der Waals surface area contributed by atoms with E-state index < -0.39 is 80.2 Å². The lowest BCUT2D eigenvalue weighted by Gasteiger charge is -2.30. The van der Waals surface area contributed by atoms with E-state index in [1.807, 2.05) is 12.2 Å². The second kappa shape index (κ2) is 15.9. The van der Waals surface area contributed by atoms with Gasteiger partial charge in [0.05, 0.1) is 17.3 Å². The minimum Gasteiger partial charge on any atom is -0.472 e. The summed E-state index contributed by atoms with van der Waals surface area (Å²) in [4.78, 5) is 62.1. The molecule has 2 aromatic carbocycles. The number of carbonyl (C=O) groups is 4. The third-order valence-electron chi connectivity index (χ3n) is 11.2. The standard InChI is InChI=1S/C41H45F2N5O8S/c1-4-24(3)57(53,54)47-40(52)41-21-25(41)10-8-6-5-7-9-11-32(44-37(50)35-17-12-23(2)55-35)39(51)48-22-28(20-34(48)36(49)46-41)56-38-30-16-14-26(42)18-31(30)29-15-13-27(43)19-33(29)45-38/h8,10,12-19,24-25,28,32,34H,4-7,9,11,20-22H2,1-3H3,(H,44,50)(H,46,49)(H,47,52)/b10-8-/t24?,25-,28-,32+,34+,41-/m1/s1. The van der Waals surface area contributed by atoms with Gasteiger partial charge in [0.1, 0.15) is 41.1 Å². The van der Waals surface area contributed by atoms with Crippen molar-refractivity contribution >= 4 is 55.3 Å². The van der Waals surface area contributed by atoms with Gasteiger partial charge in [-0.1, -0.05) is 31.9 Å². The maximum atomic E-state index is 14.6. The van der Waals surface area contributed by atoms with E-state index in [1.165, 1.54) is 54.3 Å². The number of furan rings is 1. The molecule has 1 saturated carbocycles. The summed E-state index contributed by atoms with van der Waals surface area (Å²) in [6, 6.07) is 8.78. The normalized spacial score (nSPS) is 25.4. The number of amides is 4. The van der Waals surface area contributed by atoms with Crippen molar-refractivity contribution < 1.29 is 45.5 Å². The van der Waals surface area contributed by atoms with Crippen LogP contribution in [0.1, 0.15) is 81.5 Å². The summed E-state index contributed by atoms with van der Waals surface area (Å²) >= 11 is 0. The molecule has 2 fully saturated rings. The predicted molar refractivity (Wildman–Crippen MR) is 206 cm³/mol. The van der Waals surface area contributed by atoms with Gasteiger partial charge >= 0.3 is 0 Å². The molecule has 4 aromatic rings. The van der Waals surface area contributed by atoms with E-state index in [9.17, 15) is 36.4 Å². The number of aromatic nitrogens is 1. The smallest absolute Gasteiger partial charge is 0.287 e. The van der Waals surface area contributed by atoms with Crippen molar-refractivity contribution in [1.29, 1.82) is 0 Å². The summed E-state index contributed by atoms with van der Waals surface area (Å²) in [6.45, 7) is 4.70. The molecule has 16 heteroatoms. The van der Waals surface area contributed by atoms with Gasteiger partial charge in [-0.2, -0.15) is 0 Å². The lowest BCUT2D eigenvalue weighted by atomic mass is 10.0. The number of benzene rings is 2. The third-order valence-corrected chi connectivity index (χ3v) is 13.1. The van der Waals surface area contributed by atoms with Crippen LogP contribution in [0.2, 0.25) is 0 Å². The van der Waals surface area contributed by atoms with E-state index in [0.717, 1.165) is 6.42 Å². The van der Waals surface area contributed by atoms with Crippen LogP contribution in [0.3, 0.4) is 0 Å². The Balaban J connectivity index is 1.24. The zero-order valence-corrected chi connectivity index (χ0v) is 32.7. The van der Waals surface area contributed by atoms with Gasteiger partial charge in [0.25, 0.3) is 11.8 Å². The molecule has 302 valence electrons. The predicted octanol–water partition coefficient (Wildman–Crippen LogP) is 5.35. The van der Waals surface area contributed by atoms with Gasteiger partial charge in [-0.15, -0.1) is 0 Å². The molecule has 0 bridgehead atoms. The van der Waals surface area contributed by atoms with Crippen LogP contribution in [0.15, 0.2) is 65.1 Å². The summed E-state index contributed by atoms with van der Waals surface area (Å²) < 4.78 is 69.0. The highest BCUT2D eigenvalue weighted by molar-refractivity contribution is 7.90. The molecule has 1 saturated heterocycles. The molecular formula is C41H45F2N5O8S. The highest BCUT2D eigenvalue weighted by atomic mass is 32.2. The lowest BCUT2D eigenvalue weighted by molar-refractivity contribution is -0.141. The fraction of sp³-hybridized carbons (Fsp3) is 0.439. The molecule has 0 radical (unpaired) electrons. The molecule has 1 unspecified atom stereocenters. The van der Waals surface area contributed by atoms with Crippen LogP contribution in [0.4, 0.5) is 8.78 Å².